The summed E-state index contributed by atoms with van der Waals surface area (Å²) in [6.07, 6.45) is 10.4. The molecule has 24 heavy (non-hydrogen) atoms. The fraction of sp³-hybridized carbons (Fsp3) is 0.217. The molecule has 0 fully saturated rings. The molecule has 1 rings (SSSR count). The van der Waals surface area contributed by atoms with E-state index in [-0.39, 0.29) is 0 Å². The molecule has 1 heteroatoms. The van der Waals surface area contributed by atoms with Crippen molar-refractivity contribution in [1.29, 1.82) is 0 Å². The van der Waals surface area contributed by atoms with Gasteiger partial charge in [-0.3, -0.25) is 0 Å². The van der Waals surface area contributed by atoms with Crippen molar-refractivity contribution in [3.05, 3.63) is 103 Å². The lowest BCUT2D eigenvalue weighted by atomic mass is 10.0. The number of allylic oxidation sites excluding steroid dienone is 8. The number of hydrogen-bond acceptors (Lipinski definition) is 1. The number of rotatable bonds is 7. The fourth-order valence-electron chi connectivity index (χ4n) is 1.65. The Morgan fingerprint density at radius 1 is 0.917 bits per heavy atom. The summed E-state index contributed by atoms with van der Waals surface area (Å²) in [5.41, 5.74) is 5.16. The van der Waals surface area contributed by atoms with E-state index in [2.05, 4.69) is 57.5 Å². The van der Waals surface area contributed by atoms with E-state index in [4.69, 9.17) is 5.11 Å². The zero-order chi connectivity index (χ0) is 19.0. The Kier molecular flexibility index (Phi) is 15.4. The van der Waals surface area contributed by atoms with Gasteiger partial charge in [-0.15, -0.1) is 0 Å². The first-order valence-electron chi connectivity index (χ1n) is 8.16. The normalized spacial score (nSPS) is 9.54. The average Bonchev–Trinajstić information content (AvgIpc) is 2.67. The molecule has 130 valence electrons. The molecule has 0 aliphatic rings. The maximum atomic E-state index is 7.00. The third kappa shape index (κ3) is 9.60. The number of aliphatic hydroxyl groups is 1. The van der Waals surface area contributed by atoms with E-state index in [0.717, 1.165) is 35.8 Å². The molecule has 0 unspecified atom stereocenters. The van der Waals surface area contributed by atoms with Gasteiger partial charge in [0.05, 0.1) is 0 Å². The Balaban J connectivity index is 0. The van der Waals surface area contributed by atoms with E-state index in [1.165, 1.54) is 5.56 Å². The number of benzene rings is 1. The zero-order valence-electron chi connectivity index (χ0n) is 15.7. The van der Waals surface area contributed by atoms with Crippen molar-refractivity contribution in [2.24, 2.45) is 0 Å². The summed E-state index contributed by atoms with van der Waals surface area (Å²) in [7, 11) is 1.00. The van der Waals surface area contributed by atoms with Crippen molar-refractivity contribution in [3.8, 4) is 0 Å². The number of hydrogen-bond donors (Lipinski definition) is 1. The van der Waals surface area contributed by atoms with Gasteiger partial charge in [0.25, 0.3) is 0 Å². The lowest BCUT2D eigenvalue weighted by molar-refractivity contribution is 0.399. The van der Waals surface area contributed by atoms with Crippen LogP contribution in [0.4, 0.5) is 0 Å². The second-order valence-electron chi connectivity index (χ2n) is 4.55. The van der Waals surface area contributed by atoms with Crippen molar-refractivity contribution in [2.45, 2.75) is 27.2 Å². The first-order valence-corrected chi connectivity index (χ1v) is 8.16. The maximum Gasteiger partial charge on any atom is 0.0319 e. The Labute approximate surface area is 148 Å². The molecular formula is C23H32O. The van der Waals surface area contributed by atoms with E-state index in [0.29, 0.717) is 0 Å². The van der Waals surface area contributed by atoms with E-state index in [1.54, 1.807) is 6.08 Å². The monoisotopic (exact) mass is 324 g/mol. The molecule has 1 nitrogen and oxygen atoms in total. The van der Waals surface area contributed by atoms with Crippen LogP contribution in [0.5, 0.6) is 0 Å². The van der Waals surface area contributed by atoms with Crippen molar-refractivity contribution in [3.63, 3.8) is 0 Å². The molecule has 1 aromatic carbocycles. The fourth-order valence-corrected chi connectivity index (χ4v) is 1.65. The summed E-state index contributed by atoms with van der Waals surface area (Å²) in [5.74, 6) is 0. The molecule has 0 aliphatic carbocycles. The number of aliphatic hydroxyl groups excluding tert-OH is 1. The van der Waals surface area contributed by atoms with Crippen molar-refractivity contribution in [2.75, 3.05) is 7.11 Å². The molecule has 1 aromatic rings. The van der Waals surface area contributed by atoms with Gasteiger partial charge in [-0.1, -0.05) is 102 Å². The van der Waals surface area contributed by atoms with Gasteiger partial charge in [-0.2, -0.15) is 0 Å². The lowest BCUT2D eigenvalue weighted by Crippen LogP contribution is -1.83. The molecule has 0 aliphatic heterocycles. The van der Waals surface area contributed by atoms with Crippen LogP contribution in [-0.2, 0) is 6.42 Å². The topological polar surface area (TPSA) is 20.2 Å². The van der Waals surface area contributed by atoms with Gasteiger partial charge in [0, 0.05) is 7.11 Å². The summed E-state index contributed by atoms with van der Waals surface area (Å²) in [5, 5.41) is 7.00. The molecule has 0 radical (unpaired) electrons. The summed E-state index contributed by atoms with van der Waals surface area (Å²) < 4.78 is 0. The van der Waals surface area contributed by atoms with Crippen LogP contribution < -0.4 is 0 Å². The second kappa shape index (κ2) is 15.5. The van der Waals surface area contributed by atoms with Crippen molar-refractivity contribution in [1.82, 2.24) is 0 Å². The molecule has 0 aromatic heterocycles. The molecule has 0 bridgehead atoms. The first kappa shape index (κ1) is 23.9. The van der Waals surface area contributed by atoms with E-state index in [1.807, 2.05) is 38.2 Å². The average molecular weight is 325 g/mol. The quantitative estimate of drug-likeness (QED) is 0.583. The van der Waals surface area contributed by atoms with Gasteiger partial charge < -0.3 is 5.11 Å². The Bertz CT molecular complexity index is 569. The van der Waals surface area contributed by atoms with Crippen LogP contribution in [0.15, 0.2) is 92.1 Å². The zero-order valence-corrected chi connectivity index (χ0v) is 15.7. The molecule has 0 saturated heterocycles. The predicted molar refractivity (Wildman–Crippen MR) is 111 cm³/mol. The molecule has 0 saturated carbocycles. The van der Waals surface area contributed by atoms with Gasteiger partial charge in [0.2, 0.25) is 0 Å². The predicted octanol–water partition coefficient (Wildman–Crippen LogP) is 6.31. The van der Waals surface area contributed by atoms with Crippen LogP contribution in [0.1, 0.15) is 31.9 Å². The van der Waals surface area contributed by atoms with Crippen molar-refractivity contribution >= 4 is 5.57 Å². The molecule has 1 N–H and O–H groups in total. The molecule has 0 spiro atoms. The minimum atomic E-state index is 0.870. The van der Waals surface area contributed by atoms with Gasteiger partial charge in [0.15, 0.2) is 0 Å². The van der Waals surface area contributed by atoms with Crippen molar-refractivity contribution < 1.29 is 5.11 Å². The molecule has 0 atom stereocenters. The maximum absolute atomic E-state index is 7.00. The lowest BCUT2D eigenvalue weighted by Gasteiger charge is -2.03. The van der Waals surface area contributed by atoms with E-state index >= 15 is 0 Å². The molecule has 0 amide bonds. The van der Waals surface area contributed by atoms with Crippen LogP contribution in [-0.4, -0.2) is 12.2 Å². The van der Waals surface area contributed by atoms with Crippen LogP contribution in [0, 0.1) is 0 Å². The van der Waals surface area contributed by atoms with Gasteiger partial charge >= 0.3 is 0 Å². The largest absolute Gasteiger partial charge is 0.400 e. The van der Waals surface area contributed by atoms with Gasteiger partial charge in [-0.25, -0.2) is 0 Å². The third-order valence-electron chi connectivity index (χ3n) is 3.06. The number of aryl methyl sites for hydroxylation is 1. The molecular weight excluding hydrogens is 292 g/mol. The van der Waals surface area contributed by atoms with Crippen LogP contribution in [0.3, 0.4) is 0 Å². The Morgan fingerprint density at radius 3 is 1.88 bits per heavy atom. The van der Waals surface area contributed by atoms with Crippen LogP contribution in [0.2, 0.25) is 0 Å². The standard InChI is InChI=1S/C20H22.C2H6.CH4O/c1-6-8-9-16(3)17(4)10-11-18(5)20-14-12-19(7-2)13-15-20;2*1-2/h6,8-15H,1,3-5,7H2,2H3;1-2H3;2H,1H3/b9-8-,11-10-;;. The Morgan fingerprint density at radius 2 is 1.42 bits per heavy atom. The second-order valence-corrected chi connectivity index (χ2v) is 4.55. The van der Waals surface area contributed by atoms with Gasteiger partial charge in [0.1, 0.15) is 0 Å². The summed E-state index contributed by atoms with van der Waals surface area (Å²) in [6.45, 7) is 21.8. The summed E-state index contributed by atoms with van der Waals surface area (Å²) >= 11 is 0. The Hall–Kier alpha value is -2.38. The van der Waals surface area contributed by atoms with Gasteiger partial charge in [-0.05, 0) is 34.3 Å². The molecule has 0 heterocycles. The van der Waals surface area contributed by atoms with E-state index < -0.39 is 0 Å². The van der Waals surface area contributed by atoms with Crippen LogP contribution in [0.25, 0.3) is 5.57 Å². The first-order chi connectivity index (χ1) is 11.6. The SMILES string of the molecule is C=C/C=C\C(=C)C(=C)/C=C\C(=C)c1ccc(CC)cc1.CC.CO. The summed E-state index contributed by atoms with van der Waals surface area (Å²) in [6, 6.07) is 8.46. The summed E-state index contributed by atoms with van der Waals surface area (Å²) in [4.78, 5) is 0. The highest BCUT2D eigenvalue weighted by atomic mass is 16.2. The minimum Gasteiger partial charge on any atom is -0.400 e. The smallest absolute Gasteiger partial charge is 0.0319 e. The minimum absolute atomic E-state index is 0.870. The highest BCUT2D eigenvalue weighted by Crippen LogP contribution is 2.17. The van der Waals surface area contributed by atoms with Crippen LogP contribution >= 0.6 is 0 Å². The highest BCUT2D eigenvalue weighted by Gasteiger charge is 1.96. The third-order valence-corrected chi connectivity index (χ3v) is 3.06. The highest BCUT2D eigenvalue weighted by molar-refractivity contribution is 5.73. The van der Waals surface area contributed by atoms with E-state index in [9.17, 15) is 0 Å².